The number of hydrogen-bond donors (Lipinski definition) is 2. The monoisotopic (exact) mass is 214 g/mol. The van der Waals surface area contributed by atoms with Crippen LogP contribution in [0.15, 0.2) is 12.2 Å². The second-order valence-electron chi connectivity index (χ2n) is 3.46. The van der Waals surface area contributed by atoms with Crippen LogP contribution in [0.5, 0.6) is 0 Å². The molecule has 0 aliphatic carbocycles. The van der Waals surface area contributed by atoms with Gasteiger partial charge in [-0.25, -0.2) is 0 Å². The molecule has 0 aromatic heterocycles. The predicted octanol–water partition coefficient (Wildman–Crippen LogP) is 2.30. The van der Waals surface area contributed by atoms with Gasteiger partial charge in [-0.1, -0.05) is 25.5 Å². The van der Waals surface area contributed by atoms with E-state index in [0.717, 1.165) is 6.42 Å². The Morgan fingerprint density at radius 1 is 1.27 bits per heavy atom. The fourth-order valence-electron chi connectivity index (χ4n) is 1.28. The van der Waals surface area contributed by atoms with Gasteiger partial charge in [-0.05, 0) is 19.3 Å². The number of carboxylic acid groups (broad SMARTS) is 2. The molecule has 0 saturated heterocycles. The van der Waals surface area contributed by atoms with Crippen LogP contribution in [0.1, 0.15) is 39.0 Å². The predicted molar refractivity (Wildman–Crippen MR) is 56.7 cm³/mol. The molecule has 0 aliphatic rings. The molecule has 15 heavy (non-hydrogen) atoms. The zero-order chi connectivity index (χ0) is 11.7. The molecule has 0 aliphatic heterocycles. The molecule has 0 bridgehead atoms. The van der Waals surface area contributed by atoms with Crippen LogP contribution in [0.3, 0.4) is 0 Å². The highest BCUT2D eigenvalue weighted by Crippen LogP contribution is 2.12. The number of carbonyl (C=O) groups is 2. The lowest BCUT2D eigenvalue weighted by molar-refractivity contribution is -0.142. The third-order valence-electron chi connectivity index (χ3n) is 2.10. The second-order valence-corrected chi connectivity index (χ2v) is 3.46. The zero-order valence-corrected chi connectivity index (χ0v) is 8.98. The smallest absolute Gasteiger partial charge is 0.306 e. The van der Waals surface area contributed by atoms with Gasteiger partial charge < -0.3 is 10.2 Å². The maximum absolute atomic E-state index is 10.7. The van der Waals surface area contributed by atoms with Gasteiger partial charge in [0.2, 0.25) is 0 Å². The fraction of sp³-hybridized carbons (Fsp3) is 0.636. The largest absolute Gasteiger partial charge is 0.481 e. The highest BCUT2D eigenvalue weighted by Gasteiger charge is 2.13. The first-order valence-corrected chi connectivity index (χ1v) is 5.17. The van der Waals surface area contributed by atoms with Crippen LogP contribution in [0, 0.1) is 5.92 Å². The van der Waals surface area contributed by atoms with Crippen molar-refractivity contribution in [3.05, 3.63) is 12.2 Å². The lowest BCUT2D eigenvalue weighted by Crippen LogP contribution is -2.12. The van der Waals surface area contributed by atoms with Crippen molar-refractivity contribution >= 4 is 11.9 Å². The van der Waals surface area contributed by atoms with Gasteiger partial charge in [0.25, 0.3) is 0 Å². The Morgan fingerprint density at radius 2 is 1.93 bits per heavy atom. The Labute approximate surface area is 89.6 Å². The Balaban J connectivity index is 3.78. The average molecular weight is 214 g/mol. The van der Waals surface area contributed by atoms with Crippen LogP contribution in [0.25, 0.3) is 0 Å². The molecule has 0 fully saturated rings. The summed E-state index contributed by atoms with van der Waals surface area (Å²) in [6.45, 7) is 1.95. The van der Waals surface area contributed by atoms with Gasteiger partial charge in [0.15, 0.2) is 0 Å². The Morgan fingerprint density at radius 3 is 2.40 bits per heavy atom. The number of hydrogen-bond acceptors (Lipinski definition) is 2. The molecule has 2 N–H and O–H groups in total. The van der Waals surface area contributed by atoms with Crippen LogP contribution in [0.4, 0.5) is 0 Å². The summed E-state index contributed by atoms with van der Waals surface area (Å²) in [7, 11) is 0. The molecular formula is C11H18O4. The van der Waals surface area contributed by atoms with Crippen LogP contribution >= 0.6 is 0 Å². The van der Waals surface area contributed by atoms with Gasteiger partial charge in [0, 0.05) is 6.42 Å². The molecule has 1 unspecified atom stereocenters. The molecule has 0 radical (unpaired) electrons. The van der Waals surface area contributed by atoms with Gasteiger partial charge in [0.1, 0.15) is 0 Å². The summed E-state index contributed by atoms with van der Waals surface area (Å²) in [5.41, 5.74) is 0. The Kier molecular flexibility index (Phi) is 7.32. The summed E-state index contributed by atoms with van der Waals surface area (Å²) in [4.78, 5) is 20.9. The zero-order valence-electron chi connectivity index (χ0n) is 8.98. The molecular weight excluding hydrogens is 196 g/mol. The minimum atomic E-state index is -0.831. The van der Waals surface area contributed by atoms with Crippen LogP contribution in [-0.4, -0.2) is 22.2 Å². The minimum Gasteiger partial charge on any atom is -0.481 e. The van der Waals surface area contributed by atoms with Gasteiger partial charge in [-0.2, -0.15) is 0 Å². The molecule has 4 heteroatoms. The van der Waals surface area contributed by atoms with Crippen LogP contribution in [0.2, 0.25) is 0 Å². The molecule has 0 rings (SSSR count). The third-order valence-corrected chi connectivity index (χ3v) is 2.10. The van der Waals surface area contributed by atoms with E-state index in [1.165, 1.54) is 0 Å². The first-order chi connectivity index (χ1) is 7.07. The van der Waals surface area contributed by atoms with Crippen molar-refractivity contribution in [2.45, 2.75) is 39.0 Å². The van der Waals surface area contributed by atoms with Crippen molar-refractivity contribution in [3.8, 4) is 0 Å². The summed E-state index contributed by atoms with van der Waals surface area (Å²) < 4.78 is 0. The lowest BCUT2D eigenvalue weighted by atomic mass is 10.00. The Hall–Kier alpha value is -1.32. The molecule has 4 nitrogen and oxygen atoms in total. The highest BCUT2D eigenvalue weighted by molar-refractivity contribution is 5.70. The van der Waals surface area contributed by atoms with Gasteiger partial charge in [-0.15, -0.1) is 0 Å². The van der Waals surface area contributed by atoms with Crippen molar-refractivity contribution in [2.24, 2.45) is 5.92 Å². The van der Waals surface area contributed by atoms with E-state index < -0.39 is 11.9 Å². The van der Waals surface area contributed by atoms with Gasteiger partial charge >= 0.3 is 11.9 Å². The standard InChI is InChI=1S/C11H18O4/c1-2-6-9(11(14)15)7-4-3-5-8-10(12)13/h3-4,9H,2,5-8H2,1H3,(H,12,13)(H,14,15). The van der Waals surface area contributed by atoms with E-state index in [0.29, 0.717) is 19.3 Å². The molecule has 0 heterocycles. The second kappa shape index (κ2) is 8.03. The first kappa shape index (κ1) is 13.7. The van der Waals surface area contributed by atoms with E-state index in [9.17, 15) is 9.59 Å². The number of rotatable bonds is 8. The molecule has 0 spiro atoms. The summed E-state index contributed by atoms with van der Waals surface area (Å²) in [6.07, 6.45) is 6.06. The SMILES string of the molecule is CCCC(CC=CCCC(=O)O)C(=O)O. The van der Waals surface area contributed by atoms with E-state index in [1.807, 2.05) is 6.92 Å². The van der Waals surface area contributed by atoms with Crippen LogP contribution in [-0.2, 0) is 9.59 Å². The summed E-state index contributed by atoms with van der Waals surface area (Å²) >= 11 is 0. The number of carboxylic acids is 2. The molecule has 86 valence electrons. The van der Waals surface area contributed by atoms with Crippen molar-refractivity contribution in [3.63, 3.8) is 0 Å². The van der Waals surface area contributed by atoms with Crippen LogP contribution < -0.4 is 0 Å². The lowest BCUT2D eigenvalue weighted by Gasteiger charge is -2.06. The maximum Gasteiger partial charge on any atom is 0.306 e. The topological polar surface area (TPSA) is 74.6 Å². The van der Waals surface area contributed by atoms with Crippen molar-refractivity contribution < 1.29 is 19.8 Å². The summed E-state index contributed by atoms with van der Waals surface area (Å²) in [6, 6.07) is 0. The summed E-state index contributed by atoms with van der Waals surface area (Å²) in [5.74, 6) is -1.95. The van der Waals surface area contributed by atoms with Crippen molar-refractivity contribution in [2.75, 3.05) is 0 Å². The molecule has 0 saturated carbocycles. The maximum atomic E-state index is 10.7. The minimum absolute atomic E-state index is 0.0992. The quantitative estimate of drug-likeness (QED) is 0.608. The van der Waals surface area contributed by atoms with E-state index in [4.69, 9.17) is 10.2 Å². The van der Waals surface area contributed by atoms with Gasteiger partial charge in [0.05, 0.1) is 5.92 Å². The summed E-state index contributed by atoms with van der Waals surface area (Å²) in [5, 5.41) is 17.2. The molecule has 0 aromatic carbocycles. The van der Waals surface area contributed by atoms with E-state index >= 15 is 0 Å². The van der Waals surface area contributed by atoms with Gasteiger partial charge in [-0.3, -0.25) is 9.59 Å². The van der Waals surface area contributed by atoms with Crippen molar-refractivity contribution in [1.29, 1.82) is 0 Å². The van der Waals surface area contributed by atoms with E-state index in [-0.39, 0.29) is 12.3 Å². The number of aliphatic carboxylic acids is 2. The molecule has 0 aromatic rings. The Bertz CT molecular complexity index is 233. The number of allylic oxidation sites excluding steroid dienone is 2. The normalized spacial score (nSPS) is 12.9. The van der Waals surface area contributed by atoms with Crippen molar-refractivity contribution in [1.82, 2.24) is 0 Å². The van der Waals surface area contributed by atoms with E-state index in [1.54, 1.807) is 12.2 Å². The first-order valence-electron chi connectivity index (χ1n) is 5.17. The third kappa shape index (κ3) is 7.73. The fourth-order valence-corrected chi connectivity index (χ4v) is 1.28. The molecule has 0 amide bonds. The molecule has 1 atom stereocenters. The van der Waals surface area contributed by atoms with E-state index in [2.05, 4.69) is 0 Å². The average Bonchev–Trinajstić information content (AvgIpc) is 2.15. The highest BCUT2D eigenvalue weighted by atomic mass is 16.4.